The normalized spacial score (nSPS) is 12.7. The molecular weight excluding hydrogens is 877 g/mol. The fourth-order valence-corrected chi connectivity index (χ4v) is 8.42. The summed E-state index contributed by atoms with van der Waals surface area (Å²) in [7, 11) is 0. The number of unbranched alkanes of at least 4 members (excludes halogenated alkanes) is 29. The third-order valence-corrected chi connectivity index (χ3v) is 12.9. The van der Waals surface area contributed by atoms with E-state index >= 15 is 0 Å². The highest BCUT2D eigenvalue weighted by Gasteiger charge is 2.19. The average Bonchev–Trinajstić information content (AvgIpc) is 3.37. The van der Waals surface area contributed by atoms with Gasteiger partial charge in [-0.25, -0.2) is 0 Å². The van der Waals surface area contributed by atoms with Crippen LogP contribution in [0.15, 0.2) is 85.1 Å². The minimum absolute atomic E-state index is 0.0744. The van der Waals surface area contributed by atoms with Crippen LogP contribution in [-0.4, -0.2) is 37.2 Å². The molecule has 0 aliphatic rings. The van der Waals surface area contributed by atoms with Gasteiger partial charge in [0.15, 0.2) is 6.10 Å². The number of carbonyl (C=O) groups excluding carboxylic acids is 3. The van der Waals surface area contributed by atoms with Crippen LogP contribution in [0.5, 0.6) is 0 Å². The molecule has 0 spiro atoms. The molecule has 0 fully saturated rings. The van der Waals surface area contributed by atoms with E-state index in [0.717, 1.165) is 109 Å². The Morgan fingerprint density at radius 2 is 0.549 bits per heavy atom. The van der Waals surface area contributed by atoms with Gasteiger partial charge >= 0.3 is 17.9 Å². The Hall–Kier alpha value is -3.41. The van der Waals surface area contributed by atoms with Gasteiger partial charge in [0, 0.05) is 19.3 Å². The topological polar surface area (TPSA) is 78.9 Å². The zero-order valence-corrected chi connectivity index (χ0v) is 46.7. The molecular formula is C65H112O6. The summed E-state index contributed by atoms with van der Waals surface area (Å²) >= 11 is 0. The van der Waals surface area contributed by atoms with Crippen molar-refractivity contribution in [3.63, 3.8) is 0 Å². The lowest BCUT2D eigenvalue weighted by molar-refractivity contribution is -0.167. The lowest BCUT2D eigenvalue weighted by Crippen LogP contribution is -2.30. The summed E-state index contributed by atoms with van der Waals surface area (Å²) in [6.07, 6.45) is 77.5. The number of hydrogen-bond donors (Lipinski definition) is 0. The Balaban J connectivity index is 4.12. The highest BCUT2D eigenvalue weighted by molar-refractivity contribution is 5.71. The van der Waals surface area contributed by atoms with Crippen LogP contribution in [-0.2, 0) is 28.6 Å². The van der Waals surface area contributed by atoms with E-state index in [1.807, 2.05) is 0 Å². The minimum atomic E-state index is -0.773. The molecule has 0 aromatic rings. The van der Waals surface area contributed by atoms with Crippen LogP contribution in [0.25, 0.3) is 0 Å². The molecule has 0 radical (unpaired) electrons. The van der Waals surface area contributed by atoms with Gasteiger partial charge in [0.2, 0.25) is 0 Å². The summed E-state index contributed by atoms with van der Waals surface area (Å²) in [6, 6.07) is 0. The maximum Gasteiger partial charge on any atom is 0.306 e. The molecule has 1 unspecified atom stereocenters. The second-order valence-corrected chi connectivity index (χ2v) is 19.9. The van der Waals surface area contributed by atoms with Crippen LogP contribution in [0.1, 0.15) is 290 Å². The molecule has 0 aliphatic heterocycles. The van der Waals surface area contributed by atoms with Gasteiger partial charge in [-0.1, -0.05) is 279 Å². The number of allylic oxidation sites excluding steroid dienone is 14. The van der Waals surface area contributed by atoms with Gasteiger partial charge in [-0.3, -0.25) is 14.4 Å². The van der Waals surface area contributed by atoms with Crippen molar-refractivity contribution in [2.75, 3.05) is 13.2 Å². The lowest BCUT2D eigenvalue weighted by Gasteiger charge is -2.18. The Kier molecular flexibility index (Phi) is 56.3. The van der Waals surface area contributed by atoms with Crippen LogP contribution in [0, 0.1) is 0 Å². The number of carbonyl (C=O) groups is 3. The molecule has 0 bridgehead atoms. The molecule has 0 saturated carbocycles. The zero-order chi connectivity index (χ0) is 51.4. The monoisotopic (exact) mass is 989 g/mol. The van der Waals surface area contributed by atoms with E-state index in [1.54, 1.807) is 0 Å². The van der Waals surface area contributed by atoms with E-state index in [-0.39, 0.29) is 31.1 Å². The van der Waals surface area contributed by atoms with Crippen LogP contribution in [0.3, 0.4) is 0 Å². The minimum Gasteiger partial charge on any atom is -0.462 e. The number of rotatable bonds is 54. The maximum absolute atomic E-state index is 12.8. The van der Waals surface area contributed by atoms with Crippen molar-refractivity contribution in [3.05, 3.63) is 85.1 Å². The zero-order valence-electron chi connectivity index (χ0n) is 46.7. The van der Waals surface area contributed by atoms with Gasteiger partial charge in [0.05, 0.1) is 0 Å². The standard InChI is InChI=1S/C65H112O6/c1-4-7-10-13-16-18-20-22-24-25-26-27-28-29-30-31-32-33-34-35-36-37-38-39-41-42-44-46-49-52-55-58-64(67)70-61-62(60-69-63(66)57-54-51-48-15-12-9-6-3)71-65(68)59-56-53-50-47-45-43-40-23-21-19-17-14-11-8-5-2/h7,10,16,18,22,24,26-27,29-30,32-33,35-36,62H,4-6,8-9,11-15,17,19-21,23,25,28,31,34,37-61H2,1-3H3/b10-7-,18-16-,24-22-,27-26-,30-29-,33-32-,36-35-. The molecule has 0 aromatic heterocycles. The Bertz CT molecular complexity index is 1370. The molecule has 408 valence electrons. The quantitative estimate of drug-likeness (QED) is 0.0261. The van der Waals surface area contributed by atoms with E-state index in [0.29, 0.717) is 19.3 Å². The second-order valence-electron chi connectivity index (χ2n) is 19.9. The van der Waals surface area contributed by atoms with E-state index in [1.165, 1.54) is 141 Å². The second kappa shape index (κ2) is 59.2. The summed E-state index contributed by atoms with van der Waals surface area (Å²) in [5.41, 5.74) is 0. The fraction of sp³-hybridized carbons (Fsp3) is 0.738. The SMILES string of the molecule is CC/C=C\C/C=C\C/C=C\C/C=C\C/C=C\C/C=C\C/C=C\CCCCCCCCCCCC(=O)OCC(COC(=O)CCCCCCCCC)OC(=O)CCCCCCCCCCCCCCCCC. The van der Waals surface area contributed by atoms with Crippen LogP contribution < -0.4 is 0 Å². The number of esters is 3. The molecule has 6 heteroatoms. The summed E-state index contributed by atoms with van der Waals surface area (Å²) in [5.74, 6) is -0.878. The number of hydrogen-bond acceptors (Lipinski definition) is 6. The molecule has 0 aromatic carbocycles. The summed E-state index contributed by atoms with van der Waals surface area (Å²) in [5, 5.41) is 0. The molecule has 71 heavy (non-hydrogen) atoms. The molecule has 0 rings (SSSR count). The van der Waals surface area contributed by atoms with Crippen molar-refractivity contribution < 1.29 is 28.6 Å². The van der Waals surface area contributed by atoms with E-state index in [4.69, 9.17) is 14.2 Å². The van der Waals surface area contributed by atoms with Gasteiger partial charge in [0.1, 0.15) is 13.2 Å². The van der Waals surface area contributed by atoms with Crippen molar-refractivity contribution in [3.8, 4) is 0 Å². The smallest absolute Gasteiger partial charge is 0.306 e. The van der Waals surface area contributed by atoms with Gasteiger partial charge < -0.3 is 14.2 Å². The van der Waals surface area contributed by atoms with E-state index in [9.17, 15) is 14.4 Å². The lowest BCUT2D eigenvalue weighted by atomic mass is 10.0. The fourth-order valence-electron chi connectivity index (χ4n) is 8.42. The molecule has 0 N–H and O–H groups in total. The van der Waals surface area contributed by atoms with Gasteiger partial charge in [-0.05, 0) is 77.0 Å². The molecule has 0 amide bonds. The van der Waals surface area contributed by atoms with Crippen molar-refractivity contribution in [1.82, 2.24) is 0 Å². The highest BCUT2D eigenvalue weighted by Crippen LogP contribution is 2.16. The molecule has 0 saturated heterocycles. The predicted molar refractivity (Wildman–Crippen MR) is 307 cm³/mol. The highest BCUT2D eigenvalue weighted by atomic mass is 16.6. The maximum atomic E-state index is 12.8. The third kappa shape index (κ3) is 57.4. The Morgan fingerprint density at radius 1 is 0.296 bits per heavy atom. The average molecular weight is 990 g/mol. The van der Waals surface area contributed by atoms with Crippen molar-refractivity contribution in [2.45, 2.75) is 297 Å². The van der Waals surface area contributed by atoms with Crippen LogP contribution >= 0.6 is 0 Å². The number of ether oxygens (including phenoxy) is 3. The Morgan fingerprint density at radius 3 is 0.859 bits per heavy atom. The third-order valence-electron chi connectivity index (χ3n) is 12.9. The van der Waals surface area contributed by atoms with Crippen LogP contribution in [0.2, 0.25) is 0 Å². The molecule has 0 heterocycles. The van der Waals surface area contributed by atoms with E-state index in [2.05, 4.69) is 106 Å². The van der Waals surface area contributed by atoms with Crippen LogP contribution in [0.4, 0.5) is 0 Å². The van der Waals surface area contributed by atoms with Crippen molar-refractivity contribution >= 4 is 17.9 Å². The first-order chi connectivity index (χ1) is 35.0. The van der Waals surface area contributed by atoms with Crippen molar-refractivity contribution in [1.29, 1.82) is 0 Å². The molecule has 0 aliphatic carbocycles. The Labute approximate surface area is 439 Å². The van der Waals surface area contributed by atoms with E-state index < -0.39 is 6.10 Å². The largest absolute Gasteiger partial charge is 0.462 e. The summed E-state index contributed by atoms with van der Waals surface area (Å²) in [4.78, 5) is 38.0. The van der Waals surface area contributed by atoms with Gasteiger partial charge in [0.25, 0.3) is 0 Å². The molecule has 1 atom stereocenters. The first-order valence-electron chi connectivity index (χ1n) is 30.1. The first kappa shape index (κ1) is 67.6. The molecule has 6 nitrogen and oxygen atoms in total. The summed E-state index contributed by atoms with van der Waals surface area (Å²) in [6.45, 7) is 6.50. The van der Waals surface area contributed by atoms with Gasteiger partial charge in [-0.2, -0.15) is 0 Å². The summed E-state index contributed by atoms with van der Waals surface area (Å²) < 4.78 is 16.8. The predicted octanol–water partition coefficient (Wildman–Crippen LogP) is 20.3. The van der Waals surface area contributed by atoms with Crippen molar-refractivity contribution in [2.24, 2.45) is 0 Å². The first-order valence-corrected chi connectivity index (χ1v) is 30.1. The van der Waals surface area contributed by atoms with Gasteiger partial charge in [-0.15, -0.1) is 0 Å².